The summed E-state index contributed by atoms with van der Waals surface area (Å²) in [6, 6.07) is 4.46. The van der Waals surface area contributed by atoms with E-state index in [0.717, 1.165) is 36.6 Å². The summed E-state index contributed by atoms with van der Waals surface area (Å²) in [6.45, 7) is 2.00. The van der Waals surface area contributed by atoms with E-state index in [9.17, 15) is 4.79 Å². The van der Waals surface area contributed by atoms with Gasteiger partial charge in [-0.3, -0.25) is 4.79 Å². The number of likely N-dealkylation sites (N-methyl/N-ethyl adjacent to an activating group) is 1. The largest absolute Gasteiger partial charge is 0.342 e. The average Bonchev–Trinajstić information content (AvgIpc) is 3.18. The Morgan fingerprint density at radius 2 is 2.24 bits per heavy atom. The lowest BCUT2D eigenvalue weighted by Gasteiger charge is -2.31. The summed E-state index contributed by atoms with van der Waals surface area (Å²) in [5.74, 6) is 0.171. The summed E-state index contributed by atoms with van der Waals surface area (Å²) in [5.41, 5.74) is 0.884. The highest BCUT2D eigenvalue weighted by Crippen LogP contribution is 2.28. The number of hydrogen-bond acceptors (Lipinski definition) is 5. The van der Waals surface area contributed by atoms with E-state index in [1.807, 2.05) is 28.8 Å². The third kappa shape index (κ3) is 3.51. The number of thiophene rings is 1. The Bertz CT molecular complexity index is 588. The van der Waals surface area contributed by atoms with Crippen LogP contribution in [0.5, 0.6) is 0 Å². The molecule has 3 rings (SSSR count). The predicted molar refractivity (Wildman–Crippen MR) is 87.8 cm³/mol. The highest BCUT2D eigenvalue weighted by Gasteiger charge is 2.22. The summed E-state index contributed by atoms with van der Waals surface area (Å²) in [5, 5.41) is 8.39. The van der Waals surface area contributed by atoms with E-state index in [2.05, 4.69) is 16.4 Å². The van der Waals surface area contributed by atoms with Crippen molar-refractivity contribution in [3.8, 4) is 9.88 Å². The molecule has 1 N–H and O–H groups in total. The molecule has 1 fully saturated rings. The second-order valence-electron chi connectivity index (χ2n) is 5.28. The van der Waals surface area contributed by atoms with Crippen molar-refractivity contribution in [2.24, 2.45) is 0 Å². The van der Waals surface area contributed by atoms with E-state index in [4.69, 9.17) is 0 Å². The van der Waals surface area contributed by atoms with E-state index < -0.39 is 0 Å². The molecule has 0 aliphatic carbocycles. The zero-order valence-electron chi connectivity index (χ0n) is 12.0. The van der Waals surface area contributed by atoms with Crippen molar-refractivity contribution in [1.82, 2.24) is 15.2 Å². The maximum atomic E-state index is 12.4. The van der Waals surface area contributed by atoms with Crippen molar-refractivity contribution < 1.29 is 4.79 Å². The number of rotatable bonds is 4. The topological polar surface area (TPSA) is 45.2 Å². The van der Waals surface area contributed by atoms with Gasteiger partial charge in [0.05, 0.1) is 17.0 Å². The Morgan fingerprint density at radius 3 is 2.95 bits per heavy atom. The molecular weight excluding hydrogens is 302 g/mol. The van der Waals surface area contributed by atoms with Crippen LogP contribution in [-0.2, 0) is 11.2 Å². The number of thiazole rings is 1. The normalized spacial score (nSPS) is 16.0. The van der Waals surface area contributed by atoms with Gasteiger partial charge >= 0.3 is 0 Å². The minimum absolute atomic E-state index is 0.171. The van der Waals surface area contributed by atoms with Crippen molar-refractivity contribution >= 4 is 28.6 Å². The van der Waals surface area contributed by atoms with Crippen LogP contribution >= 0.6 is 22.7 Å². The number of carbonyl (C=O) groups excluding carboxylic acids is 1. The standard InChI is InChI=1S/C15H19N3OS2/c1-18(12-4-6-16-7-5-12)14(19)9-11-10-21-15(17-11)13-3-2-8-20-13/h2-3,8,10,12,16H,4-7,9H2,1H3. The molecule has 4 nitrogen and oxygen atoms in total. The Morgan fingerprint density at radius 1 is 1.43 bits per heavy atom. The fraction of sp³-hybridized carbons (Fsp3) is 0.467. The fourth-order valence-electron chi connectivity index (χ4n) is 2.58. The Hall–Kier alpha value is -1.24. The SMILES string of the molecule is CN(C(=O)Cc1csc(-c2cccs2)n1)C1CCNCC1. The Balaban J connectivity index is 1.62. The van der Waals surface area contributed by atoms with Crippen LogP contribution in [0.1, 0.15) is 18.5 Å². The minimum Gasteiger partial charge on any atom is -0.342 e. The fourth-order valence-corrected chi connectivity index (χ4v) is 4.21. The summed E-state index contributed by atoms with van der Waals surface area (Å²) in [7, 11) is 1.92. The van der Waals surface area contributed by atoms with Gasteiger partial charge in [0, 0.05) is 18.5 Å². The highest BCUT2D eigenvalue weighted by molar-refractivity contribution is 7.20. The molecule has 0 aromatic carbocycles. The molecule has 3 heterocycles. The van der Waals surface area contributed by atoms with Gasteiger partial charge < -0.3 is 10.2 Å². The van der Waals surface area contributed by atoms with E-state index in [-0.39, 0.29) is 5.91 Å². The molecule has 1 aliphatic heterocycles. The van der Waals surface area contributed by atoms with Gasteiger partial charge in [-0.2, -0.15) is 0 Å². The Labute approximate surface area is 132 Å². The van der Waals surface area contributed by atoms with E-state index in [0.29, 0.717) is 12.5 Å². The van der Waals surface area contributed by atoms with Crippen LogP contribution < -0.4 is 5.32 Å². The lowest BCUT2D eigenvalue weighted by Crippen LogP contribution is -2.44. The zero-order chi connectivity index (χ0) is 14.7. The summed E-state index contributed by atoms with van der Waals surface area (Å²) in [6.07, 6.45) is 2.49. The van der Waals surface area contributed by atoms with Crippen molar-refractivity contribution in [3.63, 3.8) is 0 Å². The molecule has 0 saturated carbocycles. The second-order valence-corrected chi connectivity index (χ2v) is 7.09. The number of aromatic nitrogens is 1. The van der Waals surface area contributed by atoms with Gasteiger partial charge in [-0.05, 0) is 37.4 Å². The molecule has 2 aromatic heterocycles. The smallest absolute Gasteiger partial charge is 0.228 e. The third-order valence-electron chi connectivity index (χ3n) is 3.87. The van der Waals surface area contributed by atoms with Crippen molar-refractivity contribution in [3.05, 3.63) is 28.6 Å². The lowest BCUT2D eigenvalue weighted by molar-refractivity contribution is -0.131. The summed E-state index contributed by atoms with van der Waals surface area (Å²) < 4.78 is 0. The van der Waals surface area contributed by atoms with Gasteiger partial charge in [0.25, 0.3) is 0 Å². The van der Waals surface area contributed by atoms with Crippen LogP contribution in [0.3, 0.4) is 0 Å². The van der Waals surface area contributed by atoms with E-state index in [1.54, 1.807) is 22.7 Å². The first kappa shape index (κ1) is 14.7. The lowest BCUT2D eigenvalue weighted by atomic mass is 10.0. The number of carbonyl (C=O) groups is 1. The van der Waals surface area contributed by atoms with Crippen LogP contribution in [0.25, 0.3) is 9.88 Å². The van der Waals surface area contributed by atoms with Crippen LogP contribution in [0.15, 0.2) is 22.9 Å². The van der Waals surface area contributed by atoms with Gasteiger partial charge in [-0.25, -0.2) is 4.98 Å². The van der Waals surface area contributed by atoms with Crippen molar-refractivity contribution in [1.29, 1.82) is 0 Å². The second kappa shape index (κ2) is 6.68. The van der Waals surface area contributed by atoms with Crippen LogP contribution in [0, 0.1) is 0 Å². The Kier molecular flexibility index (Phi) is 4.67. The van der Waals surface area contributed by atoms with Gasteiger partial charge in [0.1, 0.15) is 5.01 Å². The van der Waals surface area contributed by atoms with Crippen LogP contribution in [-0.4, -0.2) is 42.0 Å². The van der Waals surface area contributed by atoms with Crippen molar-refractivity contribution in [2.45, 2.75) is 25.3 Å². The average molecular weight is 321 g/mol. The van der Waals surface area contributed by atoms with Gasteiger partial charge in [0.2, 0.25) is 5.91 Å². The monoisotopic (exact) mass is 321 g/mol. The summed E-state index contributed by atoms with van der Waals surface area (Å²) in [4.78, 5) is 20.0. The van der Waals surface area contributed by atoms with Gasteiger partial charge in [-0.1, -0.05) is 6.07 Å². The molecule has 1 aliphatic rings. The van der Waals surface area contributed by atoms with Crippen LogP contribution in [0.4, 0.5) is 0 Å². The first-order chi connectivity index (χ1) is 10.2. The molecule has 0 radical (unpaired) electrons. The van der Waals surface area contributed by atoms with E-state index >= 15 is 0 Å². The third-order valence-corrected chi connectivity index (χ3v) is 5.80. The molecule has 112 valence electrons. The molecule has 0 bridgehead atoms. The first-order valence-electron chi connectivity index (χ1n) is 7.18. The molecule has 1 amide bonds. The zero-order valence-corrected chi connectivity index (χ0v) is 13.7. The van der Waals surface area contributed by atoms with Crippen LogP contribution in [0.2, 0.25) is 0 Å². The molecule has 0 unspecified atom stereocenters. The maximum Gasteiger partial charge on any atom is 0.228 e. The molecular formula is C15H19N3OS2. The number of nitrogens with one attached hydrogen (secondary N) is 1. The van der Waals surface area contributed by atoms with E-state index in [1.165, 1.54) is 4.88 Å². The quantitative estimate of drug-likeness (QED) is 0.941. The molecule has 21 heavy (non-hydrogen) atoms. The van der Waals surface area contributed by atoms with Gasteiger partial charge in [0.15, 0.2) is 0 Å². The first-order valence-corrected chi connectivity index (χ1v) is 8.94. The maximum absolute atomic E-state index is 12.4. The molecule has 1 saturated heterocycles. The number of hydrogen-bond donors (Lipinski definition) is 1. The number of piperidine rings is 1. The summed E-state index contributed by atoms with van der Waals surface area (Å²) >= 11 is 3.30. The molecule has 6 heteroatoms. The molecule has 0 atom stereocenters. The van der Waals surface area contributed by atoms with Gasteiger partial charge in [-0.15, -0.1) is 22.7 Å². The molecule has 0 spiro atoms. The molecule has 2 aromatic rings. The van der Waals surface area contributed by atoms with Crippen molar-refractivity contribution in [2.75, 3.05) is 20.1 Å². The predicted octanol–water partition coefficient (Wildman–Crippen LogP) is 2.62. The number of nitrogens with zero attached hydrogens (tertiary/aromatic N) is 2. The number of amides is 1. The minimum atomic E-state index is 0.171. The highest BCUT2D eigenvalue weighted by atomic mass is 32.1.